The molecule has 0 saturated heterocycles. The number of hydrogen-bond acceptors (Lipinski definition) is 7. The molecule has 2 aliphatic rings. The lowest BCUT2D eigenvalue weighted by Gasteiger charge is -2.19. The quantitative estimate of drug-likeness (QED) is 0.184. The Kier molecular flexibility index (Phi) is 7.17. The van der Waals surface area contributed by atoms with Gasteiger partial charge >= 0.3 is 0 Å². The third-order valence-electron chi connectivity index (χ3n) is 5.59. The van der Waals surface area contributed by atoms with Gasteiger partial charge in [0.2, 0.25) is 5.88 Å². The van der Waals surface area contributed by atoms with Crippen molar-refractivity contribution < 1.29 is 13.5 Å². The Bertz CT molecular complexity index is 1140. The van der Waals surface area contributed by atoms with Crippen molar-refractivity contribution in [3.05, 3.63) is 64.6 Å². The van der Waals surface area contributed by atoms with Gasteiger partial charge in [0.15, 0.2) is 0 Å². The molecule has 0 radical (unpaired) electrons. The molecule has 4 rings (SSSR count). The minimum atomic E-state index is -1.43. The van der Waals surface area contributed by atoms with Crippen LogP contribution in [0.15, 0.2) is 52.6 Å². The average Bonchev–Trinajstić information content (AvgIpc) is 3.43. The van der Waals surface area contributed by atoms with E-state index in [1.54, 1.807) is 41.9 Å². The van der Waals surface area contributed by atoms with E-state index in [0.29, 0.717) is 29.5 Å². The number of nitrogens with one attached hydrogen (secondary N) is 2. The van der Waals surface area contributed by atoms with E-state index in [0.717, 1.165) is 48.0 Å². The van der Waals surface area contributed by atoms with Crippen LogP contribution in [0.4, 0.5) is 8.78 Å². The summed E-state index contributed by atoms with van der Waals surface area (Å²) in [6.07, 6.45) is 8.12. The van der Waals surface area contributed by atoms with Gasteiger partial charge in [0.05, 0.1) is 17.6 Å². The van der Waals surface area contributed by atoms with Crippen molar-refractivity contribution in [1.82, 2.24) is 20.1 Å². The molecule has 1 fully saturated rings. The smallest absolute Gasteiger partial charge is 0.290 e. The number of aliphatic imine (C=N–C) groups is 1. The van der Waals surface area contributed by atoms with Crippen molar-refractivity contribution in [2.45, 2.75) is 36.2 Å². The van der Waals surface area contributed by atoms with Gasteiger partial charge in [-0.1, -0.05) is 5.57 Å². The summed E-state index contributed by atoms with van der Waals surface area (Å²) >= 11 is 1.55. The second-order valence-electron chi connectivity index (χ2n) is 7.99. The molecule has 3 atom stereocenters. The fourth-order valence-corrected chi connectivity index (χ4v) is 4.13. The highest BCUT2D eigenvalue weighted by molar-refractivity contribution is 14.1. The van der Waals surface area contributed by atoms with Gasteiger partial charge in [-0.15, -0.1) is 0 Å². The standard InChI is InChI=1S/C22H24F2IN7O/c1-32-19(33-22(24)25)7-16(31-32)3-2-12-4-13-6-17(13)20(18(8-26)29-9-12)30-21(27)14-5-15(23)11-28-10-14/h5,7-11,13,21-22,26,30H,2-4,6,27H2,1H3/b12-9-,20-17-,26-8?,29-18+/t13?,21-,22?/m1/s1. The molecule has 174 valence electrons. The Labute approximate surface area is 203 Å². The molecule has 8 nitrogen and oxygen atoms in total. The van der Waals surface area contributed by atoms with Crippen LogP contribution in [0, 0.1) is 17.1 Å². The molecule has 1 saturated carbocycles. The Hall–Kier alpha value is -2.67. The Morgan fingerprint density at radius 1 is 1.36 bits per heavy atom. The average molecular weight is 567 g/mol. The third-order valence-corrected chi connectivity index (χ3v) is 5.85. The van der Waals surface area contributed by atoms with E-state index in [4.69, 9.17) is 15.9 Å². The number of allylic oxidation sites excluding steroid dienone is 3. The lowest BCUT2D eigenvalue weighted by molar-refractivity contribution is 0.157. The normalized spacial score (nSPS) is 24.8. The number of nitrogens with zero attached hydrogens (tertiary/aromatic N) is 4. The van der Waals surface area contributed by atoms with E-state index in [2.05, 4.69) is 20.4 Å². The molecule has 2 aromatic heterocycles. The Morgan fingerprint density at radius 3 is 2.91 bits per heavy atom. The SMILES string of the molecule is Cn1nc(CC/C2=C/N=C(C=N)/C(N[C@@H](N)c3cncc(F)c3)=C3\CC3C2)cc1OC(F)I. The van der Waals surface area contributed by atoms with Crippen LogP contribution in [0.25, 0.3) is 0 Å². The number of aryl methyl sites for hydroxylation is 2. The maximum atomic E-state index is 13.5. The van der Waals surface area contributed by atoms with Crippen LogP contribution in [0.2, 0.25) is 0 Å². The summed E-state index contributed by atoms with van der Waals surface area (Å²) in [5, 5.41) is 15.4. The zero-order valence-corrected chi connectivity index (χ0v) is 20.1. The van der Waals surface area contributed by atoms with Crippen LogP contribution in [0.5, 0.6) is 5.88 Å². The van der Waals surface area contributed by atoms with Gasteiger partial charge in [-0.2, -0.15) is 9.49 Å². The molecule has 0 spiro atoms. The number of halogens is 3. The summed E-state index contributed by atoms with van der Waals surface area (Å²) in [7, 11) is 1.72. The number of aromatic nitrogens is 3. The first-order valence-corrected chi connectivity index (χ1v) is 11.7. The van der Waals surface area contributed by atoms with Crippen LogP contribution in [0.1, 0.15) is 36.7 Å². The van der Waals surface area contributed by atoms with Gasteiger partial charge < -0.3 is 21.2 Å². The molecular weight excluding hydrogens is 543 g/mol. The summed E-state index contributed by atoms with van der Waals surface area (Å²) in [4.78, 5) is 8.37. The highest BCUT2D eigenvalue weighted by Crippen LogP contribution is 2.46. The van der Waals surface area contributed by atoms with Gasteiger partial charge in [-0.05, 0) is 43.2 Å². The lowest BCUT2D eigenvalue weighted by atomic mass is 10.0. The fraction of sp³-hybridized carbons (Fsp3) is 0.364. The van der Waals surface area contributed by atoms with E-state index in [1.807, 2.05) is 0 Å². The van der Waals surface area contributed by atoms with Crippen molar-refractivity contribution in [1.29, 1.82) is 5.41 Å². The van der Waals surface area contributed by atoms with E-state index in [1.165, 1.54) is 23.2 Å². The minimum Gasteiger partial charge on any atom is -0.435 e. The predicted octanol–water partition coefficient (Wildman–Crippen LogP) is 3.85. The summed E-state index contributed by atoms with van der Waals surface area (Å²) < 4.78 is 31.8. The maximum Gasteiger partial charge on any atom is 0.290 e. The van der Waals surface area contributed by atoms with Gasteiger partial charge in [0, 0.05) is 59.9 Å². The minimum absolute atomic E-state index is 0.343. The number of ether oxygens (including phenoxy) is 1. The van der Waals surface area contributed by atoms with Crippen molar-refractivity contribution in [3.8, 4) is 5.88 Å². The van der Waals surface area contributed by atoms with Gasteiger partial charge in [-0.25, -0.2) is 9.07 Å². The summed E-state index contributed by atoms with van der Waals surface area (Å²) in [5.74, 6) is 0.273. The molecule has 2 aromatic rings. The monoisotopic (exact) mass is 567 g/mol. The van der Waals surface area contributed by atoms with Gasteiger partial charge in [-0.3, -0.25) is 9.98 Å². The number of pyridine rings is 1. The second kappa shape index (κ2) is 10.1. The van der Waals surface area contributed by atoms with Gasteiger partial charge in [0.25, 0.3) is 4.36 Å². The largest absolute Gasteiger partial charge is 0.435 e. The molecule has 0 bridgehead atoms. The topological polar surface area (TPSA) is 114 Å². The molecule has 1 aliphatic heterocycles. The molecule has 4 N–H and O–H groups in total. The highest BCUT2D eigenvalue weighted by Gasteiger charge is 2.36. The Morgan fingerprint density at radius 2 is 2.18 bits per heavy atom. The Balaban J connectivity index is 1.46. The van der Waals surface area contributed by atoms with Crippen LogP contribution in [0.3, 0.4) is 0 Å². The predicted molar refractivity (Wildman–Crippen MR) is 129 cm³/mol. The number of hydrogen-bond donors (Lipinski definition) is 3. The zero-order valence-electron chi connectivity index (χ0n) is 17.9. The second-order valence-corrected chi connectivity index (χ2v) is 8.97. The molecule has 0 aromatic carbocycles. The fourth-order valence-electron chi connectivity index (χ4n) is 3.87. The molecule has 0 amide bonds. The first kappa shape index (κ1) is 23.5. The van der Waals surface area contributed by atoms with Crippen LogP contribution < -0.4 is 15.8 Å². The number of rotatable bonds is 9. The first-order chi connectivity index (χ1) is 15.8. The maximum absolute atomic E-state index is 13.5. The van der Waals surface area contributed by atoms with Crippen molar-refractivity contribution in [2.75, 3.05) is 0 Å². The molecule has 33 heavy (non-hydrogen) atoms. The highest BCUT2D eigenvalue weighted by atomic mass is 127. The summed E-state index contributed by atoms with van der Waals surface area (Å²) in [5.41, 5.74) is 11.1. The molecule has 1 aliphatic carbocycles. The summed E-state index contributed by atoms with van der Waals surface area (Å²) in [6, 6.07) is 3.08. The third kappa shape index (κ3) is 5.82. The van der Waals surface area contributed by atoms with Crippen LogP contribution in [-0.4, -0.2) is 31.1 Å². The summed E-state index contributed by atoms with van der Waals surface area (Å²) in [6.45, 7) is 0. The number of alkyl halides is 2. The molecule has 3 heterocycles. The van der Waals surface area contributed by atoms with Gasteiger partial charge in [0.1, 0.15) is 17.7 Å². The molecular formula is C22H24F2IN7O. The lowest BCUT2D eigenvalue weighted by Crippen LogP contribution is -2.32. The number of nitrogens with two attached hydrogens (primary N) is 1. The molecule has 11 heteroatoms. The van der Waals surface area contributed by atoms with Crippen molar-refractivity contribution in [2.24, 2.45) is 23.7 Å². The van der Waals surface area contributed by atoms with E-state index < -0.39 is 16.3 Å². The van der Waals surface area contributed by atoms with E-state index >= 15 is 0 Å². The van der Waals surface area contributed by atoms with E-state index in [9.17, 15) is 8.78 Å². The zero-order chi connectivity index (χ0) is 23.5. The number of fused-ring (bicyclic) bond motifs is 1. The van der Waals surface area contributed by atoms with E-state index in [-0.39, 0.29) is 0 Å². The van der Waals surface area contributed by atoms with Crippen molar-refractivity contribution in [3.63, 3.8) is 0 Å². The van der Waals surface area contributed by atoms with Crippen molar-refractivity contribution >= 4 is 34.5 Å². The van der Waals surface area contributed by atoms with Crippen LogP contribution >= 0.6 is 22.6 Å². The molecule has 2 unspecified atom stereocenters. The van der Waals surface area contributed by atoms with Crippen LogP contribution in [-0.2, 0) is 13.5 Å². The first-order valence-electron chi connectivity index (χ1n) is 10.4.